The van der Waals surface area contributed by atoms with Crippen molar-refractivity contribution in [1.29, 1.82) is 0 Å². The Morgan fingerprint density at radius 1 is 1.43 bits per heavy atom. The lowest BCUT2D eigenvalue weighted by Crippen LogP contribution is -2.36. The van der Waals surface area contributed by atoms with Crippen LogP contribution >= 0.6 is 11.3 Å². The number of aromatic nitrogens is 1. The van der Waals surface area contributed by atoms with Crippen molar-refractivity contribution in [1.82, 2.24) is 9.88 Å². The second kappa shape index (κ2) is 5.63. The molecule has 116 valence electrons. The van der Waals surface area contributed by atoms with Gasteiger partial charge in [-0.1, -0.05) is 0 Å². The zero-order valence-electron chi connectivity index (χ0n) is 12.7. The van der Waals surface area contributed by atoms with E-state index in [9.17, 15) is 9.59 Å². The SMILES string of the molecule is Cc1sc([C@@H]2CCCN2C(=O)OC(C)(C)C)nc1C(=O)O. The van der Waals surface area contributed by atoms with Gasteiger partial charge in [-0.25, -0.2) is 14.6 Å². The molecule has 0 unspecified atom stereocenters. The van der Waals surface area contributed by atoms with Crippen LogP contribution in [0.4, 0.5) is 4.79 Å². The molecule has 0 radical (unpaired) electrons. The number of aryl methyl sites for hydroxylation is 1. The van der Waals surface area contributed by atoms with Crippen LogP contribution in [-0.4, -0.2) is 39.2 Å². The molecule has 1 fully saturated rings. The van der Waals surface area contributed by atoms with Crippen LogP contribution in [0.15, 0.2) is 0 Å². The molecule has 1 atom stereocenters. The maximum Gasteiger partial charge on any atom is 0.410 e. The average molecular weight is 312 g/mol. The summed E-state index contributed by atoms with van der Waals surface area (Å²) in [6, 6.07) is -0.184. The van der Waals surface area contributed by atoms with E-state index in [1.165, 1.54) is 11.3 Å². The van der Waals surface area contributed by atoms with Crippen molar-refractivity contribution in [3.05, 3.63) is 15.6 Å². The number of carboxylic acid groups (broad SMARTS) is 1. The van der Waals surface area contributed by atoms with Crippen LogP contribution in [0.2, 0.25) is 0 Å². The van der Waals surface area contributed by atoms with Gasteiger partial charge in [-0.3, -0.25) is 4.90 Å². The highest BCUT2D eigenvalue weighted by atomic mass is 32.1. The summed E-state index contributed by atoms with van der Waals surface area (Å²) in [7, 11) is 0. The first-order valence-corrected chi connectivity index (χ1v) is 7.71. The van der Waals surface area contributed by atoms with Crippen LogP contribution in [0.1, 0.15) is 60.0 Å². The molecule has 0 bridgehead atoms. The smallest absolute Gasteiger partial charge is 0.410 e. The summed E-state index contributed by atoms with van der Waals surface area (Å²) < 4.78 is 5.41. The molecule has 0 saturated carbocycles. The van der Waals surface area contributed by atoms with Crippen molar-refractivity contribution < 1.29 is 19.4 Å². The molecule has 2 heterocycles. The minimum atomic E-state index is -1.03. The molecule has 0 aromatic carbocycles. The summed E-state index contributed by atoms with van der Waals surface area (Å²) in [5.74, 6) is -1.03. The van der Waals surface area contributed by atoms with Gasteiger partial charge in [0.25, 0.3) is 0 Å². The number of hydrogen-bond donors (Lipinski definition) is 1. The number of carboxylic acids is 1. The molecule has 1 amide bonds. The van der Waals surface area contributed by atoms with Gasteiger partial charge >= 0.3 is 12.1 Å². The number of ether oxygens (including phenoxy) is 1. The highest BCUT2D eigenvalue weighted by Gasteiger charge is 2.35. The fourth-order valence-electron chi connectivity index (χ4n) is 2.32. The van der Waals surface area contributed by atoms with Crippen LogP contribution in [0, 0.1) is 6.92 Å². The Morgan fingerprint density at radius 2 is 2.10 bits per heavy atom. The molecule has 2 rings (SSSR count). The summed E-state index contributed by atoms with van der Waals surface area (Å²) in [6.45, 7) is 7.82. The van der Waals surface area contributed by atoms with Crippen molar-refractivity contribution in [2.45, 2.75) is 52.2 Å². The van der Waals surface area contributed by atoms with E-state index >= 15 is 0 Å². The third-order valence-corrected chi connectivity index (χ3v) is 4.25. The average Bonchev–Trinajstić information content (AvgIpc) is 2.91. The maximum absolute atomic E-state index is 12.2. The Labute approximate surface area is 127 Å². The van der Waals surface area contributed by atoms with E-state index in [4.69, 9.17) is 9.84 Å². The lowest BCUT2D eigenvalue weighted by atomic mass is 10.2. The number of amides is 1. The third-order valence-electron chi connectivity index (χ3n) is 3.18. The Bertz CT molecular complexity index is 562. The minimum absolute atomic E-state index is 0.0750. The minimum Gasteiger partial charge on any atom is -0.476 e. The van der Waals surface area contributed by atoms with Gasteiger partial charge in [0.2, 0.25) is 0 Å². The molecule has 1 N–H and O–H groups in total. The van der Waals surface area contributed by atoms with Gasteiger partial charge in [-0.15, -0.1) is 11.3 Å². The van der Waals surface area contributed by atoms with Crippen molar-refractivity contribution in [2.75, 3.05) is 6.54 Å². The van der Waals surface area contributed by atoms with E-state index in [2.05, 4.69) is 4.98 Å². The zero-order chi connectivity index (χ0) is 15.8. The Kier molecular flexibility index (Phi) is 4.22. The highest BCUT2D eigenvalue weighted by Crippen LogP contribution is 2.36. The largest absolute Gasteiger partial charge is 0.476 e. The van der Waals surface area contributed by atoms with Crippen molar-refractivity contribution in [2.24, 2.45) is 0 Å². The number of carbonyl (C=O) groups excluding carboxylic acids is 1. The highest BCUT2D eigenvalue weighted by molar-refractivity contribution is 7.12. The number of nitrogens with zero attached hydrogens (tertiary/aromatic N) is 2. The van der Waals surface area contributed by atoms with E-state index in [-0.39, 0.29) is 17.8 Å². The number of rotatable bonds is 2. The first-order valence-electron chi connectivity index (χ1n) is 6.89. The summed E-state index contributed by atoms with van der Waals surface area (Å²) in [6.07, 6.45) is 1.28. The number of hydrogen-bond acceptors (Lipinski definition) is 5. The molecule has 1 aromatic heterocycles. The molecule has 1 aliphatic heterocycles. The predicted octanol–water partition coefficient (Wildman–Crippen LogP) is 3.22. The molecule has 7 heteroatoms. The van der Waals surface area contributed by atoms with Crippen LogP contribution in [-0.2, 0) is 4.74 Å². The van der Waals surface area contributed by atoms with E-state index in [0.29, 0.717) is 16.4 Å². The summed E-state index contributed by atoms with van der Waals surface area (Å²) in [5.41, 5.74) is -0.471. The zero-order valence-corrected chi connectivity index (χ0v) is 13.5. The summed E-state index contributed by atoms with van der Waals surface area (Å²) in [5, 5.41) is 9.76. The lowest BCUT2D eigenvalue weighted by molar-refractivity contribution is 0.0224. The van der Waals surface area contributed by atoms with E-state index < -0.39 is 11.6 Å². The molecule has 21 heavy (non-hydrogen) atoms. The third kappa shape index (κ3) is 3.53. The quantitative estimate of drug-likeness (QED) is 0.907. The first kappa shape index (κ1) is 15.8. The molecule has 1 aliphatic rings. The molecule has 0 spiro atoms. The van der Waals surface area contributed by atoms with Gasteiger partial charge in [0, 0.05) is 11.4 Å². The Balaban J connectivity index is 2.21. The van der Waals surface area contributed by atoms with Crippen LogP contribution in [0.5, 0.6) is 0 Å². The van der Waals surface area contributed by atoms with Crippen molar-refractivity contribution in [3.8, 4) is 0 Å². The lowest BCUT2D eigenvalue weighted by Gasteiger charge is -2.27. The van der Waals surface area contributed by atoms with Gasteiger partial charge in [0.1, 0.15) is 10.6 Å². The summed E-state index contributed by atoms with van der Waals surface area (Å²) in [4.78, 5) is 29.8. The van der Waals surface area contributed by atoms with Crippen LogP contribution < -0.4 is 0 Å². The van der Waals surface area contributed by atoms with Crippen LogP contribution in [0.25, 0.3) is 0 Å². The second-order valence-corrected chi connectivity index (χ2v) is 7.33. The van der Waals surface area contributed by atoms with E-state index in [1.54, 1.807) is 11.8 Å². The fraction of sp³-hybridized carbons (Fsp3) is 0.643. The molecule has 0 aliphatic carbocycles. The summed E-state index contributed by atoms with van der Waals surface area (Å²) >= 11 is 1.34. The normalized spacial score (nSPS) is 18.9. The number of likely N-dealkylation sites (tertiary alicyclic amines) is 1. The Hall–Kier alpha value is -1.63. The molecule has 6 nitrogen and oxygen atoms in total. The first-order chi connectivity index (χ1) is 9.69. The number of thiazole rings is 1. The topological polar surface area (TPSA) is 79.7 Å². The monoisotopic (exact) mass is 312 g/mol. The molecule has 1 aromatic rings. The van der Waals surface area contributed by atoms with Gasteiger partial charge in [0.05, 0.1) is 6.04 Å². The van der Waals surface area contributed by atoms with E-state index in [0.717, 1.165) is 12.8 Å². The van der Waals surface area contributed by atoms with Gasteiger partial charge in [0.15, 0.2) is 5.69 Å². The number of carbonyl (C=O) groups is 2. The fourth-order valence-corrected chi connectivity index (χ4v) is 3.38. The van der Waals surface area contributed by atoms with E-state index in [1.807, 2.05) is 20.8 Å². The van der Waals surface area contributed by atoms with Gasteiger partial charge in [-0.2, -0.15) is 0 Å². The molecular formula is C14H20N2O4S. The standard InChI is InChI=1S/C14H20N2O4S/c1-8-10(12(17)18)15-11(21-8)9-6-5-7-16(9)13(19)20-14(2,3)4/h9H,5-7H2,1-4H3,(H,17,18)/t9-/m0/s1. The van der Waals surface area contributed by atoms with Crippen molar-refractivity contribution in [3.63, 3.8) is 0 Å². The molecule has 1 saturated heterocycles. The van der Waals surface area contributed by atoms with Crippen molar-refractivity contribution >= 4 is 23.4 Å². The maximum atomic E-state index is 12.2. The van der Waals surface area contributed by atoms with Gasteiger partial charge < -0.3 is 9.84 Å². The second-order valence-electron chi connectivity index (χ2n) is 6.09. The van der Waals surface area contributed by atoms with Gasteiger partial charge in [-0.05, 0) is 40.5 Å². The molecular weight excluding hydrogens is 292 g/mol. The Morgan fingerprint density at radius 3 is 2.62 bits per heavy atom. The number of aromatic carboxylic acids is 1. The predicted molar refractivity (Wildman–Crippen MR) is 78.7 cm³/mol. The van der Waals surface area contributed by atoms with Crippen LogP contribution in [0.3, 0.4) is 0 Å².